The third-order valence-electron chi connectivity index (χ3n) is 7.65. The van der Waals surface area contributed by atoms with E-state index in [0.29, 0.717) is 12.6 Å². The van der Waals surface area contributed by atoms with Crippen LogP contribution in [-0.4, -0.2) is 71.5 Å². The van der Waals surface area contributed by atoms with Gasteiger partial charge in [0.05, 0.1) is 0 Å². The number of ether oxygens (including phenoxy) is 1. The summed E-state index contributed by atoms with van der Waals surface area (Å²) in [7, 11) is 2.20. The minimum Gasteiger partial charge on any atom is -0.445 e. The van der Waals surface area contributed by atoms with Gasteiger partial charge < -0.3 is 24.7 Å². The largest absolute Gasteiger partial charge is 0.445 e. The molecule has 1 heterocycles. The van der Waals surface area contributed by atoms with Crippen LogP contribution in [0.5, 0.6) is 0 Å². The molecule has 1 saturated heterocycles. The molecule has 1 aromatic rings. The first-order valence-electron chi connectivity index (χ1n) is 14.5. The molecule has 36 heavy (non-hydrogen) atoms. The molecule has 0 aliphatic carbocycles. The first-order chi connectivity index (χ1) is 17.7. The lowest BCUT2D eigenvalue weighted by molar-refractivity contribution is 0.0715. The van der Waals surface area contributed by atoms with Crippen molar-refractivity contribution in [1.29, 1.82) is 0 Å². The summed E-state index contributed by atoms with van der Waals surface area (Å²) in [5.41, 5.74) is 1.02. The molecule has 1 atom stereocenters. The van der Waals surface area contributed by atoms with Gasteiger partial charge in [0, 0.05) is 31.8 Å². The molecule has 0 spiro atoms. The fourth-order valence-corrected chi connectivity index (χ4v) is 5.36. The van der Waals surface area contributed by atoms with Crippen LogP contribution in [0.1, 0.15) is 102 Å². The Hall–Kier alpha value is -1.63. The van der Waals surface area contributed by atoms with E-state index in [1.54, 1.807) is 0 Å². The summed E-state index contributed by atoms with van der Waals surface area (Å²) < 4.78 is 5.85. The van der Waals surface area contributed by atoms with E-state index in [1.807, 2.05) is 30.3 Å². The van der Waals surface area contributed by atoms with Crippen LogP contribution in [0, 0.1) is 0 Å². The van der Waals surface area contributed by atoms with Crippen molar-refractivity contribution < 1.29 is 19.7 Å². The Morgan fingerprint density at radius 2 is 1.53 bits per heavy atom. The summed E-state index contributed by atoms with van der Waals surface area (Å²) in [5, 5.41) is 18.1. The predicted octanol–water partition coefficient (Wildman–Crippen LogP) is 6.14. The van der Waals surface area contributed by atoms with Crippen molar-refractivity contribution in [2.45, 2.75) is 115 Å². The Morgan fingerprint density at radius 1 is 0.944 bits per heavy atom. The van der Waals surface area contributed by atoms with Crippen molar-refractivity contribution in [2.24, 2.45) is 0 Å². The molecule has 2 N–H and O–H groups in total. The highest BCUT2D eigenvalue weighted by molar-refractivity contribution is 5.68. The van der Waals surface area contributed by atoms with Gasteiger partial charge in [-0.3, -0.25) is 0 Å². The normalized spacial score (nSPS) is 16.1. The SMILES string of the molecule is CN1CCCC1CCN(C(=O)OCc1ccccc1)C(CCCCCCCO)CCCCCCCO. The molecule has 1 aliphatic heterocycles. The first-order valence-corrected chi connectivity index (χ1v) is 14.5. The zero-order chi connectivity index (χ0) is 25.8. The standard InChI is InChI=1S/C30H52N2O4/c1-31-22-15-20-28(31)21-23-32(30(35)36-26-27-16-9-8-10-17-27)29(18-11-4-2-6-13-24-33)19-12-5-3-7-14-25-34/h8-10,16-17,28-29,33-34H,2-7,11-15,18-26H2,1H3. The summed E-state index contributed by atoms with van der Waals surface area (Å²) in [4.78, 5) is 17.9. The topological polar surface area (TPSA) is 73.2 Å². The lowest BCUT2D eigenvalue weighted by Gasteiger charge is -2.33. The first kappa shape index (κ1) is 30.6. The average molecular weight is 505 g/mol. The molecule has 206 valence electrons. The van der Waals surface area contributed by atoms with Gasteiger partial charge in [0.25, 0.3) is 0 Å². The second-order valence-electron chi connectivity index (χ2n) is 10.5. The number of rotatable bonds is 20. The number of benzene rings is 1. The Bertz CT molecular complexity index is 656. The zero-order valence-electron chi connectivity index (χ0n) is 22.8. The van der Waals surface area contributed by atoms with E-state index in [1.165, 1.54) is 12.8 Å². The van der Waals surface area contributed by atoms with Crippen molar-refractivity contribution in [3.63, 3.8) is 0 Å². The molecule has 2 rings (SSSR count). The molecule has 0 radical (unpaired) electrons. The van der Waals surface area contributed by atoms with Gasteiger partial charge >= 0.3 is 6.09 Å². The summed E-state index contributed by atoms with van der Waals surface area (Å²) in [6, 6.07) is 10.7. The summed E-state index contributed by atoms with van der Waals surface area (Å²) in [6.07, 6.45) is 16.0. The predicted molar refractivity (Wildman–Crippen MR) is 147 cm³/mol. The van der Waals surface area contributed by atoms with Gasteiger partial charge in [-0.1, -0.05) is 81.7 Å². The molecule has 1 fully saturated rings. The number of nitrogens with zero attached hydrogens (tertiary/aromatic N) is 2. The lowest BCUT2D eigenvalue weighted by Crippen LogP contribution is -2.43. The van der Waals surface area contributed by atoms with Crippen molar-refractivity contribution in [2.75, 3.05) is 33.4 Å². The third-order valence-corrected chi connectivity index (χ3v) is 7.65. The van der Waals surface area contributed by atoms with Crippen molar-refractivity contribution in [1.82, 2.24) is 9.80 Å². The van der Waals surface area contributed by atoms with Gasteiger partial charge in [0.2, 0.25) is 0 Å². The number of carbonyl (C=O) groups is 1. The molecule has 0 aromatic heterocycles. The van der Waals surface area contributed by atoms with Crippen molar-refractivity contribution in [3.8, 4) is 0 Å². The number of hydrogen-bond acceptors (Lipinski definition) is 5. The molecule has 0 bridgehead atoms. The van der Waals surface area contributed by atoms with Gasteiger partial charge in [-0.15, -0.1) is 0 Å². The van der Waals surface area contributed by atoms with Crippen LogP contribution in [0.25, 0.3) is 0 Å². The zero-order valence-corrected chi connectivity index (χ0v) is 22.8. The quantitative estimate of drug-likeness (QED) is 0.209. The molecule has 6 heteroatoms. The van der Waals surface area contributed by atoms with Crippen LogP contribution in [0.15, 0.2) is 30.3 Å². The maximum Gasteiger partial charge on any atom is 0.410 e. The molecular weight excluding hydrogens is 452 g/mol. The van der Waals surface area contributed by atoms with Crippen LogP contribution in [0.2, 0.25) is 0 Å². The van der Waals surface area contributed by atoms with E-state index in [2.05, 4.69) is 16.8 Å². The lowest BCUT2D eigenvalue weighted by atomic mass is 9.98. The summed E-state index contributed by atoms with van der Waals surface area (Å²) in [6.45, 7) is 2.76. The van der Waals surface area contributed by atoms with Crippen molar-refractivity contribution >= 4 is 6.09 Å². The highest BCUT2D eigenvalue weighted by atomic mass is 16.6. The van der Waals surface area contributed by atoms with Crippen LogP contribution in [-0.2, 0) is 11.3 Å². The molecule has 1 aliphatic rings. The number of aliphatic hydroxyl groups excluding tert-OH is 2. The second kappa shape index (κ2) is 19.5. The number of amides is 1. The maximum absolute atomic E-state index is 13.4. The number of unbranched alkanes of at least 4 members (excludes halogenated alkanes) is 8. The fourth-order valence-electron chi connectivity index (χ4n) is 5.36. The van der Waals surface area contributed by atoms with E-state index >= 15 is 0 Å². The van der Waals surface area contributed by atoms with Crippen LogP contribution in [0.4, 0.5) is 4.79 Å². The minimum absolute atomic E-state index is 0.176. The second-order valence-corrected chi connectivity index (χ2v) is 10.5. The smallest absolute Gasteiger partial charge is 0.410 e. The fraction of sp³-hybridized carbons (Fsp3) is 0.767. The van der Waals surface area contributed by atoms with E-state index in [9.17, 15) is 4.79 Å². The van der Waals surface area contributed by atoms with E-state index in [0.717, 1.165) is 102 Å². The minimum atomic E-state index is -0.176. The van der Waals surface area contributed by atoms with Crippen LogP contribution >= 0.6 is 0 Å². The number of likely N-dealkylation sites (tertiary alicyclic amines) is 1. The number of aliphatic hydroxyl groups is 2. The number of carbonyl (C=O) groups excluding carboxylic acids is 1. The van der Waals surface area contributed by atoms with Crippen molar-refractivity contribution in [3.05, 3.63) is 35.9 Å². The maximum atomic E-state index is 13.4. The highest BCUT2D eigenvalue weighted by Crippen LogP contribution is 2.23. The molecular formula is C30H52N2O4. The Morgan fingerprint density at radius 3 is 2.08 bits per heavy atom. The van der Waals surface area contributed by atoms with Crippen LogP contribution in [0.3, 0.4) is 0 Å². The van der Waals surface area contributed by atoms with Gasteiger partial charge in [0.1, 0.15) is 6.61 Å². The average Bonchev–Trinajstić information content (AvgIpc) is 3.31. The Labute approximate surface area is 220 Å². The summed E-state index contributed by atoms with van der Waals surface area (Å²) >= 11 is 0. The molecule has 6 nitrogen and oxygen atoms in total. The van der Waals surface area contributed by atoms with Gasteiger partial charge in [-0.2, -0.15) is 0 Å². The number of hydrogen-bond donors (Lipinski definition) is 2. The highest BCUT2D eigenvalue weighted by Gasteiger charge is 2.28. The van der Waals surface area contributed by atoms with Gasteiger partial charge in [-0.05, 0) is 64.1 Å². The van der Waals surface area contributed by atoms with E-state index in [-0.39, 0.29) is 25.3 Å². The van der Waals surface area contributed by atoms with E-state index < -0.39 is 0 Å². The third kappa shape index (κ3) is 12.6. The Kier molecular flexibility index (Phi) is 16.6. The molecule has 1 aromatic carbocycles. The van der Waals surface area contributed by atoms with Gasteiger partial charge in [-0.25, -0.2) is 4.79 Å². The molecule has 0 saturated carbocycles. The molecule has 1 unspecified atom stereocenters. The summed E-state index contributed by atoms with van der Waals surface area (Å²) in [5.74, 6) is 0. The monoisotopic (exact) mass is 504 g/mol. The van der Waals surface area contributed by atoms with E-state index in [4.69, 9.17) is 14.9 Å². The van der Waals surface area contributed by atoms with Gasteiger partial charge in [0.15, 0.2) is 0 Å². The molecule has 1 amide bonds. The Balaban J connectivity index is 2.00. The van der Waals surface area contributed by atoms with Crippen LogP contribution < -0.4 is 0 Å².